The number of carbonyl (C=O) groups excluding carboxylic acids is 1. The zero-order chi connectivity index (χ0) is 21.7. The minimum atomic E-state index is -0.326. The molecule has 30 heavy (non-hydrogen) atoms. The van der Waals surface area contributed by atoms with Crippen LogP contribution in [-0.4, -0.2) is 38.6 Å². The van der Waals surface area contributed by atoms with Gasteiger partial charge in [0.2, 0.25) is 11.1 Å². The average Bonchev–Trinajstić information content (AvgIpc) is 3.10. The van der Waals surface area contributed by atoms with Crippen LogP contribution >= 0.6 is 35.0 Å². The van der Waals surface area contributed by atoms with Gasteiger partial charge in [0.15, 0.2) is 11.6 Å². The van der Waals surface area contributed by atoms with Crippen LogP contribution in [0.5, 0.6) is 11.5 Å². The van der Waals surface area contributed by atoms with E-state index in [-0.39, 0.29) is 24.1 Å². The summed E-state index contributed by atoms with van der Waals surface area (Å²) in [6.07, 6.45) is 1.43. The first-order chi connectivity index (χ1) is 14.4. The van der Waals surface area contributed by atoms with Gasteiger partial charge >= 0.3 is 0 Å². The van der Waals surface area contributed by atoms with Gasteiger partial charge in [-0.2, -0.15) is 0 Å². The highest BCUT2D eigenvalue weighted by atomic mass is 35.5. The Morgan fingerprint density at radius 2 is 2.07 bits per heavy atom. The fourth-order valence-corrected chi connectivity index (χ4v) is 3.35. The molecule has 2 heterocycles. The maximum atomic E-state index is 12.2. The van der Waals surface area contributed by atoms with Gasteiger partial charge < -0.3 is 20.6 Å². The zero-order valence-corrected chi connectivity index (χ0v) is 18.4. The van der Waals surface area contributed by atoms with Crippen molar-refractivity contribution in [2.75, 3.05) is 24.0 Å². The van der Waals surface area contributed by atoms with Gasteiger partial charge in [-0.1, -0.05) is 41.0 Å². The topological polar surface area (TPSA) is 117 Å². The van der Waals surface area contributed by atoms with Crippen LogP contribution in [0.25, 0.3) is 0 Å². The van der Waals surface area contributed by atoms with Crippen molar-refractivity contribution >= 4 is 46.7 Å². The highest BCUT2D eigenvalue weighted by molar-refractivity contribution is 7.99. The van der Waals surface area contributed by atoms with E-state index in [1.54, 1.807) is 26.2 Å². The number of amides is 1. The summed E-state index contributed by atoms with van der Waals surface area (Å²) in [6.45, 7) is 1.84. The molecule has 3 rings (SSSR count). The summed E-state index contributed by atoms with van der Waals surface area (Å²) >= 11 is 13.2. The number of nitrogens with one attached hydrogen (secondary N) is 1. The van der Waals surface area contributed by atoms with Crippen LogP contribution < -0.4 is 20.6 Å². The van der Waals surface area contributed by atoms with Crippen LogP contribution in [-0.2, 0) is 11.4 Å². The number of hydrogen-bond donors (Lipinski definition) is 2. The molecule has 0 saturated carbocycles. The fourth-order valence-electron chi connectivity index (χ4n) is 2.29. The smallest absolute Gasteiger partial charge is 0.236 e. The van der Waals surface area contributed by atoms with Crippen molar-refractivity contribution in [2.24, 2.45) is 0 Å². The number of benzene rings is 1. The molecule has 1 amide bonds. The summed E-state index contributed by atoms with van der Waals surface area (Å²) in [5.41, 5.74) is 0.638. The lowest BCUT2D eigenvalue weighted by molar-refractivity contribution is -0.113. The highest BCUT2D eigenvalue weighted by Crippen LogP contribution is 2.28. The van der Waals surface area contributed by atoms with Crippen molar-refractivity contribution in [3.05, 3.63) is 51.9 Å². The Bertz CT molecular complexity index is 1060. The number of nitrogen functional groups attached to an aromatic ring is 1. The first kappa shape index (κ1) is 22.0. The molecule has 0 aliphatic heterocycles. The molecule has 0 atom stereocenters. The number of nitrogens with two attached hydrogens (primary N) is 1. The third kappa shape index (κ3) is 5.26. The molecule has 0 aliphatic rings. The molecule has 2 aromatic heterocycles. The van der Waals surface area contributed by atoms with E-state index in [4.69, 9.17) is 38.5 Å². The number of nitrogens with zero attached hydrogens (tertiary/aromatic N) is 4. The number of methoxy groups -OCH3 is 1. The van der Waals surface area contributed by atoms with Crippen molar-refractivity contribution in [3.63, 3.8) is 0 Å². The lowest BCUT2D eigenvalue weighted by Crippen LogP contribution is -2.18. The molecule has 1 aromatic carbocycles. The number of aromatic nitrogens is 4. The maximum Gasteiger partial charge on any atom is 0.236 e. The summed E-state index contributed by atoms with van der Waals surface area (Å²) in [4.78, 5) is 16.3. The summed E-state index contributed by atoms with van der Waals surface area (Å²) in [7, 11) is 1.58. The predicted octanol–water partition coefficient (Wildman–Crippen LogP) is 3.32. The summed E-state index contributed by atoms with van der Waals surface area (Å²) in [5, 5.41) is 11.7. The molecule has 0 radical (unpaired) electrons. The summed E-state index contributed by atoms with van der Waals surface area (Å²) in [6, 6.07) is 7.16. The van der Waals surface area contributed by atoms with Crippen LogP contribution in [0.15, 0.2) is 35.6 Å². The maximum absolute atomic E-state index is 12.2. The molecule has 12 heteroatoms. The van der Waals surface area contributed by atoms with Crippen molar-refractivity contribution in [3.8, 4) is 11.5 Å². The van der Waals surface area contributed by atoms with E-state index in [9.17, 15) is 4.79 Å². The van der Waals surface area contributed by atoms with E-state index >= 15 is 0 Å². The number of carbonyl (C=O) groups is 1. The molecule has 0 saturated heterocycles. The summed E-state index contributed by atoms with van der Waals surface area (Å²) < 4.78 is 12.1. The quantitative estimate of drug-likeness (QED) is 0.381. The van der Waals surface area contributed by atoms with Crippen molar-refractivity contribution in [1.82, 2.24) is 19.9 Å². The van der Waals surface area contributed by atoms with Crippen LogP contribution in [0.1, 0.15) is 11.4 Å². The van der Waals surface area contributed by atoms with E-state index in [2.05, 4.69) is 20.5 Å². The van der Waals surface area contributed by atoms with Gasteiger partial charge in [0.05, 0.1) is 22.9 Å². The molecule has 0 fully saturated rings. The second kappa shape index (κ2) is 9.88. The van der Waals surface area contributed by atoms with Crippen LogP contribution in [0.2, 0.25) is 10.0 Å². The van der Waals surface area contributed by atoms with Gasteiger partial charge in [-0.05, 0) is 24.6 Å². The third-order valence-corrected chi connectivity index (χ3v) is 5.72. The number of pyridine rings is 1. The highest BCUT2D eigenvalue weighted by Gasteiger charge is 2.15. The van der Waals surface area contributed by atoms with Crippen molar-refractivity contribution in [2.45, 2.75) is 18.7 Å². The number of ether oxygens (including phenoxy) is 2. The van der Waals surface area contributed by atoms with Crippen molar-refractivity contribution < 1.29 is 14.3 Å². The molecule has 0 bridgehead atoms. The van der Waals surface area contributed by atoms with Crippen LogP contribution in [0, 0.1) is 6.92 Å². The first-order valence-corrected chi connectivity index (χ1v) is 10.3. The number of rotatable bonds is 8. The Kier molecular flexibility index (Phi) is 7.24. The van der Waals surface area contributed by atoms with E-state index in [0.29, 0.717) is 38.1 Å². The normalized spacial score (nSPS) is 10.7. The fraction of sp³-hybridized carbons (Fsp3) is 0.222. The molecular weight excluding hydrogens is 451 g/mol. The molecule has 3 N–H and O–H groups in total. The Balaban J connectivity index is 1.56. The van der Waals surface area contributed by atoms with Crippen LogP contribution in [0.4, 0.5) is 5.82 Å². The van der Waals surface area contributed by atoms with Crippen molar-refractivity contribution in [1.29, 1.82) is 0 Å². The standard InChI is InChI=1S/C18H18Cl2N6O3S/c1-10-13(19)7-22-17(16(10)20)23-15(27)9-30-18-25-24-14(26(18)21)8-29-12-5-3-4-11(6-12)28-2/h3-7H,8-9,21H2,1-2H3,(H,22,23,27). The van der Waals surface area contributed by atoms with Gasteiger partial charge in [-0.3, -0.25) is 4.79 Å². The molecular formula is C18H18Cl2N6O3S. The second-order valence-corrected chi connectivity index (χ2v) is 7.69. The Hall–Kier alpha value is -2.69. The van der Waals surface area contributed by atoms with Gasteiger partial charge in [0.25, 0.3) is 0 Å². The minimum Gasteiger partial charge on any atom is -0.497 e. The van der Waals surface area contributed by atoms with E-state index < -0.39 is 0 Å². The van der Waals surface area contributed by atoms with Crippen LogP contribution in [0.3, 0.4) is 0 Å². The molecule has 158 valence electrons. The van der Waals surface area contributed by atoms with E-state index in [1.807, 2.05) is 12.1 Å². The lowest BCUT2D eigenvalue weighted by Gasteiger charge is -2.09. The Labute approximate surface area is 186 Å². The number of thioether (sulfide) groups is 1. The average molecular weight is 469 g/mol. The first-order valence-electron chi connectivity index (χ1n) is 8.58. The zero-order valence-electron chi connectivity index (χ0n) is 16.1. The molecule has 9 nitrogen and oxygen atoms in total. The minimum absolute atomic E-state index is 0.0335. The van der Waals surface area contributed by atoms with Gasteiger partial charge in [0, 0.05) is 12.3 Å². The SMILES string of the molecule is COc1cccc(OCc2nnc(SCC(=O)Nc3ncc(Cl)c(C)c3Cl)n2N)c1. The van der Waals surface area contributed by atoms with E-state index in [0.717, 1.165) is 11.8 Å². The van der Waals surface area contributed by atoms with Gasteiger partial charge in [0.1, 0.15) is 18.1 Å². The monoisotopic (exact) mass is 468 g/mol. The lowest BCUT2D eigenvalue weighted by atomic mass is 10.3. The number of anilines is 1. The molecule has 3 aromatic rings. The Morgan fingerprint density at radius 3 is 2.83 bits per heavy atom. The second-order valence-electron chi connectivity index (χ2n) is 5.97. The number of halogens is 2. The largest absolute Gasteiger partial charge is 0.497 e. The number of hydrogen-bond acceptors (Lipinski definition) is 8. The predicted molar refractivity (Wildman–Crippen MR) is 116 cm³/mol. The summed E-state index contributed by atoms with van der Waals surface area (Å²) in [5.74, 6) is 7.64. The van der Waals surface area contributed by atoms with Gasteiger partial charge in [-0.15, -0.1) is 10.2 Å². The van der Waals surface area contributed by atoms with Gasteiger partial charge in [-0.25, -0.2) is 9.66 Å². The molecule has 0 spiro atoms. The van der Waals surface area contributed by atoms with E-state index in [1.165, 1.54) is 10.9 Å². The molecule has 0 unspecified atom stereocenters. The third-order valence-electron chi connectivity index (χ3n) is 3.94. The molecule has 0 aliphatic carbocycles. The Morgan fingerprint density at radius 1 is 1.30 bits per heavy atom.